The summed E-state index contributed by atoms with van der Waals surface area (Å²) in [5.41, 5.74) is 1.34. The van der Waals surface area contributed by atoms with Gasteiger partial charge in [0.15, 0.2) is 5.60 Å². The molecule has 148 valence electrons. The molecule has 0 bridgehead atoms. The number of carboxylic acid groups (broad SMARTS) is 1. The van der Waals surface area contributed by atoms with Crippen molar-refractivity contribution in [3.8, 4) is 5.75 Å². The molecule has 1 aromatic carbocycles. The summed E-state index contributed by atoms with van der Waals surface area (Å²) < 4.78 is 5.71. The lowest BCUT2D eigenvalue weighted by atomic mass is 10.1. The number of carbonyl (C=O) groups is 1. The summed E-state index contributed by atoms with van der Waals surface area (Å²) in [6.45, 7) is 4.18. The van der Waals surface area contributed by atoms with E-state index in [0.29, 0.717) is 18.8 Å². The Hall–Kier alpha value is -2.90. The molecule has 0 aliphatic rings. The zero-order chi connectivity index (χ0) is 20.1. The summed E-state index contributed by atoms with van der Waals surface area (Å²) in [7, 11) is 0. The molecule has 0 saturated carbocycles. The van der Waals surface area contributed by atoms with Gasteiger partial charge in [0.25, 0.3) is 0 Å². The number of fused-ring (bicyclic) bond motifs is 1. The SMILES string of the molecule is CC(C)(Oc1cccc2c(CCNC[C@H](O)c3cccnc3)c[nH]c12)C(=O)O. The van der Waals surface area contributed by atoms with E-state index in [0.717, 1.165) is 28.5 Å². The van der Waals surface area contributed by atoms with E-state index in [2.05, 4.69) is 15.3 Å². The van der Waals surface area contributed by atoms with E-state index in [9.17, 15) is 15.0 Å². The number of hydrogen-bond acceptors (Lipinski definition) is 5. The molecule has 3 rings (SSSR count). The molecule has 4 N–H and O–H groups in total. The van der Waals surface area contributed by atoms with Gasteiger partial charge in [0, 0.05) is 36.1 Å². The number of pyridine rings is 1. The maximum absolute atomic E-state index is 11.3. The minimum atomic E-state index is -1.32. The van der Waals surface area contributed by atoms with E-state index < -0.39 is 17.7 Å². The number of aliphatic hydroxyl groups excluding tert-OH is 1. The Labute approximate surface area is 163 Å². The molecule has 0 amide bonds. The molecular weight excluding hydrogens is 358 g/mol. The van der Waals surface area contributed by atoms with Crippen LogP contribution in [-0.2, 0) is 11.2 Å². The number of aliphatic hydroxyl groups is 1. The average molecular weight is 383 g/mol. The number of ether oxygens (including phenoxy) is 1. The highest BCUT2D eigenvalue weighted by atomic mass is 16.5. The van der Waals surface area contributed by atoms with Crippen LogP contribution in [0.2, 0.25) is 0 Å². The quantitative estimate of drug-likeness (QED) is 0.423. The van der Waals surface area contributed by atoms with Gasteiger partial charge in [-0.25, -0.2) is 4.79 Å². The van der Waals surface area contributed by atoms with Gasteiger partial charge in [-0.05, 0) is 44.5 Å². The molecule has 0 aliphatic heterocycles. The normalized spacial score (nSPS) is 12.8. The van der Waals surface area contributed by atoms with Crippen LogP contribution in [0.3, 0.4) is 0 Å². The van der Waals surface area contributed by atoms with E-state index in [1.807, 2.05) is 24.4 Å². The van der Waals surface area contributed by atoms with Crippen LogP contribution < -0.4 is 10.1 Å². The summed E-state index contributed by atoms with van der Waals surface area (Å²) >= 11 is 0. The van der Waals surface area contributed by atoms with E-state index in [-0.39, 0.29) is 0 Å². The fourth-order valence-electron chi connectivity index (χ4n) is 2.95. The number of nitrogens with zero attached hydrogens (tertiary/aromatic N) is 1. The average Bonchev–Trinajstić information content (AvgIpc) is 3.09. The van der Waals surface area contributed by atoms with Crippen molar-refractivity contribution in [3.05, 3.63) is 60.0 Å². The molecular formula is C21H25N3O4. The zero-order valence-corrected chi connectivity index (χ0v) is 16.0. The van der Waals surface area contributed by atoms with Crippen LogP contribution in [0, 0.1) is 0 Å². The first-order valence-corrected chi connectivity index (χ1v) is 9.18. The highest BCUT2D eigenvalue weighted by Crippen LogP contribution is 2.30. The highest BCUT2D eigenvalue weighted by Gasteiger charge is 2.30. The lowest BCUT2D eigenvalue weighted by molar-refractivity contribution is -0.152. The molecule has 28 heavy (non-hydrogen) atoms. The number of para-hydroxylation sites is 1. The molecule has 3 aromatic rings. The zero-order valence-electron chi connectivity index (χ0n) is 16.0. The molecule has 0 fully saturated rings. The monoisotopic (exact) mass is 383 g/mol. The Morgan fingerprint density at radius 2 is 2.14 bits per heavy atom. The molecule has 7 nitrogen and oxygen atoms in total. The number of aliphatic carboxylic acids is 1. The maximum atomic E-state index is 11.3. The van der Waals surface area contributed by atoms with Crippen LogP contribution in [0.5, 0.6) is 5.75 Å². The predicted molar refractivity (Wildman–Crippen MR) is 106 cm³/mol. The smallest absolute Gasteiger partial charge is 0.347 e. The Kier molecular flexibility index (Phi) is 5.96. The van der Waals surface area contributed by atoms with Crippen molar-refractivity contribution >= 4 is 16.9 Å². The Morgan fingerprint density at radius 1 is 1.32 bits per heavy atom. The second-order valence-corrected chi connectivity index (χ2v) is 7.17. The number of aromatic amines is 1. The summed E-state index contributed by atoms with van der Waals surface area (Å²) in [5, 5.41) is 23.7. The van der Waals surface area contributed by atoms with Gasteiger partial charge in [-0.2, -0.15) is 0 Å². The van der Waals surface area contributed by atoms with Crippen molar-refractivity contribution in [2.75, 3.05) is 13.1 Å². The first kappa shape index (κ1) is 19.9. The first-order chi connectivity index (χ1) is 13.4. The fraction of sp³-hybridized carbons (Fsp3) is 0.333. The summed E-state index contributed by atoms with van der Waals surface area (Å²) in [6.07, 6.45) is 5.40. The van der Waals surface area contributed by atoms with Crippen LogP contribution in [0.25, 0.3) is 10.9 Å². The highest BCUT2D eigenvalue weighted by molar-refractivity contribution is 5.89. The van der Waals surface area contributed by atoms with E-state index in [4.69, 9.17) is 4.74 Å². The molecule has 2 aromatic heterocycles. The first-order valence-electron chi connectivity index (χ1n) is 9.18. The van der Waals surface area contributed by atoms with Gasteiger partial charge in [-0.15, -0.1) is 0 Å². The molecule has 0 saturated heterocycles. The maximum Gasteiger partial charge on any atom is 0.347 e. The largest absolute Gasteiger partial charge is 0.478 e. The van der Waals surface area contributed by atoms with Crippen LogP contribution in [0.4, 0.5) is 0 Å². The lowest BCUT2D eigenvalue weighted by Gasteiger charge is -2.21. The van der Waals surface area contributed by atoms with Crippen molar-refractivity contribution < 1.29 is 19.7 Å². The second-order valence-electron chi connectivity index (χ2n) is 7.17. The van der Waals surface area contributed by atoms with Gasteiger partial charge in [-0.3, -0.25) is 4.98 Å². The van der Waals surface area contributed by atoms with Gasteiger partial charge in [-0.1, -0.05) is 18.2 Å². The topological polar surface area (TPSA) is 107 Å². The van der Waals surface area contributed by atoms with Crippen molar-refractivity contribution in [1.82, 2.24) is 15.3 Å². The van der Waals surface area contributed by atoms with E-state index in [1.165, 1.54) is 13.8 Å². The van der Waals surface area contributed by atoms with Gasteiger partial charge in [0.2, 0.25) is 0 Å². The van der Waals surface area contributed by atoms with Gasteiger partial charge in [0.05, 0.1) is 11.6 Å². The standard InChI is InChI=1S/C21H25N3O4/c1-21(2,20(26)27)28-18-7-3-6-16-14(12-24-19(16)18)8-10-23-13-17(25)15-5-4-9-22-11-15/h3-7,9,11-12,17,23-25H,8,10,13H2,1-2H3,(H,26,27)/t17-/m0/s1. The Balaban J connectivity index is 1.62. The Morgan fingerprint density at radius 3 is 2.86 bits per heavy atom. The van der Waals surface area contributed by atoms with E-state index >= 15 is 0 Å². The van der Waals surface area contributed by atoms with Crippen molar-refractivity contribution in [3.63, 3.8) is 0 Å². The summed E-state index contributed by atoms with van der Waals surface area (Å²) in [6, 6.07) is 9.24. The fourth-order valence-corrected chi connectivity index (χ4v) is 2.95. The van der Waals surface area contributed by atoms with Crippen LogP contribution in [0.15, 0.2) is 48.9 Å². The number of aromatic nitrogens is 2. The van der Waals surface area contributed by atoms with Crippen molar-refractivity contribution in [1.29, 1.82) is 0 Å². The molecule has 1 atom stereocenters. The second kappa shape index (κ2) is 8.41. The minimum absolute atomic E-state index is 0.440. The van der Waals surface area contributed by atoms with Crippen molar-refractivity contribution in [2.45, 2.75) is 32.0 Å². The number of H-pyrrole nitrogens is 1. The molecule has 0 radical (unpaired) electrons. The molecule has 7 heteroatoms. The molecule has 0 spiro atoms. The number of rotatable bonds is 9. The number of benzene rings is 1. The third-order valence-electron chi connectivity index (χ3n) is 4.62. The number of carboxylic acids is 1. The predicted octanol–water partition coefficient (Wildman–Crippen LogP) is 2.67. The van der Waals surface area contributed by atoms with Gasteiger partial charge < -0.3 is 25.3 Å². The van der Waals surface area contributed by atoms with Gasteiger partial charge >= 0.3 is 5.97 Å². The summed E-state index contributed by atoms with van der Waals surface area (Å²) in [4.78, 5) is 18.5. The van der Waals surface area contributed by atoms with E-state index in [1.54, 1.807) is 24.5 Å². The third kappa shape index (κ3) is 4.49. The Bertz CT molecular complexity index is 937. The third-order valence-corrected chi connectivity index (χ3v) is 4.62. The van der Waals surface area contributed by atoms with Crippen molar-refractivity contribution in [2.24, 2.45) is 0 Å². The number of hydrogen-bond donors (Lipinski definition) is 4. The molecule has 0 unspecified atom stereocenters. The van der Waals surface area contributed by atoms with Gasteiger partial charge in [0.1, 0.15) is 5.75 Å². The van der Waals surface area contributed by atoms with Crippen LogP contribution in [-0.4, -0.2) is 44.8 Å². The molecule has 0 aliphatic carbocycles. The summed E-state index contributed by atoms with van der Waals surface area (Å²) in [5.74, 6) is -0.510. The molecule has 2 heterocycles. The number of nitrogens with one attached hydrogen (secondary N) is 2. The van der Waals surface area contributed by atoms with Crippen LogP contribution >= 0.6 is 0 Å². The minimum Gasteiger partial charge on any atom is -0.478 e. The lowest BCUT2D eigenvalue weighted by Crippen LogP contribution is -2.37. The van der Waals surface area contributed by atoms with Crippen LogP contribution in [0.1, 0.15) is 31.1 Å².